The zero-order valence-corrected chi connectivity index (χ0v) is 13.7. The van der Waals surface area contributed by atoms with E-state index in [1.165, 1.54) is 23.5 Å². The molecule has 1 amide bonds. The topological polar surface area (TPSA) is 68.0 Å². The van der Waals surface area contributed by atoms with Crippen molar-refractivity contribution in [3.8, 4) is 11.3 Å². The molecule has 0 spiro atoms. The third-order valence-electron chi connectivity index (χ3n) is 3.67. The largest absolute Gasteiger partial charge is 0.356 e. The standard InChI is InChI=1S/C18H12FN3O2S/c19-12-7-5-11(6-8-12)15-10-25-18(20-15)21-17(23)9-14-13-3-1-2-4-16(13)24-22-14/h1-8,10H,9H2,(H,20,21,23). The van der Waals surface area contributed by atoms with Crippen molar-refractivity contribution < 1.29 is 13.7 Å². The lowest BCUT2D eigenvalue weighted by atomic mass is 10.2. The van der Waals surface area contributed by atoms with Crippen molar-refractivity contribution in [3.63, 3.8) is 0 Å². The quantitative estimate of drug-likeness (QED) is 0.595. The summed E-state index contributed by atoms with van der Waals surface area (Å²) < 4.78 is 18.2. The van der Waals surface area contributed by atoms with Gasteiger partial charge in [0, 0.05) is 16.3 Å². The van der Waals surface area contributed by atoms with Crippen molar-refractivity contribution in [2.24, 2.45) is 0 Å². The highest BCUT2D eigenvalue weighted by Gasteiger charge is 2.14. The number of rotatable bonds is 4. The second-order valence-corrected chi connectivity index (χ2v) is 6.25. The summed E-state index contributed by atoms with van der Waals surface area (Å²) >= 11 is 1.31. The maximum absolute atomic E-state index is 13.0. The normalized spacial score (nSPS) is 10.9. The van der Waals surface area contributed by atoms with Crippen LogP contribution < -0.4 is 5.32 Å². The van der Waals surface area contributed by atoms with Gasteiger partial charge in [-0.2, -0.15) is 0 Å². The summed E-state index contributed by atoms with van der Waals surface area (Å²) in [6.07, 6.45) is 0.0997. The Morgan fingerprint density at radius 2 is 1.96 bits per heavy atom. The Bertz CT molecular complexity index is 1040. The molecule has 0 bridgehead atoms. The van der Waals surface area contributed by atoms with Crippen LogP contribution in [0.1, 0.15) is 5.69 Å². The first kappa shape index (κ1) is 15.5. The first-order valence-electron chi connectivity index (χ1n) is 7.53. The average molecular weight is 353 g/mol. The zero-order valence-electron chi connectivity index (χ0n) is 12.9. The lowest BCUT2D eigenvalue weighted by molar-refractivity contribution is -0.115. The van der Waals surface area contributed by atoms with Gasteiger partial charge in [-0.25, -0.2) is 9.37 Å². The molecule has 25 heavy (non-hydrogen) atoms. The van der Waals surface area contributed by atoms with Crippen LogP contribution in [0.4, 0.5) is 9.52 Å². The summed E-state index contributed by atoms with van der Waals surface area (Å²) in [5.74, 6) is -0.522. The number of hydrogen-bond donors (Lipinski definition) is 1. The Morgan fingerprint density at radius 3 is 2.80 bits per heavy atom. The van der Waals surface area contributed by atoms with E-state index in [1.54, 1.807) is 18.2 Å². The van der Waals surface area contributed by atoms with Crippen LogP contribution in [-0.4, -0.2) is 16.0 Å². The predicted octanol–water partition coefficient (Wildman–Crippen LogP) is 4.27. The minimum Gasteiger partial charge on any atom is -0.356 e. The molecular weight excluding hydrogens is 341 g/mol. The van der Waals surface area contributed by atoms with Gasteiger partial charge in [-0.05, 0) is 36.4 Å². The van der Waals surface area contributed by atoms with E-state index in [2.05, 4.69) is 15.5 Å². The summed E-state index contributed by atoms with van der Waals surface area (Å²) in [7, 11) is 0. The molecule has 0 atom stereocenters. The molecule has 4 aromatic rings. The van der Waals surface area contributed by atoms with Gasteiger partial charge in [-0.15, -0.1) is 11.3 Å². The molecule has 124 valence electrons. The number of benzene rings is 2. The van der Waals surface area contributed by atoms with Crippen LogP contribution in [0.3, 0.4) is 0 Å². The van der Waals surface area contributed by atoms with E-state index in [1.807, 2.05) is 23.6 Å². The van der Waals surface area contributed by atoms with Crippen LogP contribution in [-0.2, 0) is 11.2 Å². The summed E-state index contributed by atoms with van der Waals surface area (Å²) in [6, 6.07) is 13.4. The van der Waals surface area contributed by atoms with Crippen molar-refractivity contribution >= 4 is 33.3 Å². The van der Waals surface area contributed by atoms with E-state index in [0.717, 1.165) is 10.9 Å². The van der Waals surface area contributed by atoms with Gasteiger partial charge in [0.15, 0.2) is 10.7 Å². The van der Waals surface area contributed by atoms with Crippen LogP contribution in [0, 0.1) is 5.82 Å². The number of amides is 1. The number of carbonyl (C=O) groups is 1. The summed E-state index contributed by atoms with van der Waals surface area (Å²) in [5.41, 5.74) is 2.72. The van der Waals surface area contributed by atoms with Gasteiger partial charge in [-0.3, -0.25) is 4.79 Å². The molecule has 0 saturated carbocycles. The van der Waals surface area contributed by atoms with Gasteiger partial charge < -0.3 is 9.84 Å². The molecule has 0 aliphatic rings. The SMILES string of the molecule is O=C(Cc1noc2ccccc12)Nc1nc(-c2ccc(F)cc2)cs1. The smallest absolute Gasteiger partial charge is 0.232 e. The molecule has 0 radical (unpaired) electrons. The van der Waals surface area contributed by atoms with E-state index in [9.17, 15) is 9.18 Å². The van der Waals surface area contributed by atoms with E-state index in [0.29, 0.717) is 22.1 Å². The number of thiazole rings is 1. The van der Waals surface area contributed by atoms with E-state index in [4.69, 9.17) is 4.52 Å². The van der Waals surface area contributed by atoms with Crippen molar-refractivity contribution in [1.82, 2.24) is 10.1 Å². The highest BCUT2D eigenvalue weighted by atomic mass is 32.1. The molecule has 4 rings (SSSR count). The van der Waals surface area contributed by atoms with E-state index in [-0.39, 0.29) is 18.1 Å². The Hall–Kier alpha value is -3.06. The summed E-state index contributed by atoms with van der Waals surface area (Å²) in [4.78, 5) is 16.6. The van der Waals surface area contributed by atoms with Gasteiger partial charge in [0.2, 0.25) is 5.91 Å². The zero-order chi connectivity index (χ0) is 17.2. The second-order valence-electron chi connectivity index (χ2n) is 5.40. The number of aromatic nitrogens is 2. The van der Waals surface area contributed by atoms with Gasteiger partial charge in [0.05, 0.1) is 12.1 Å². The molecule has 0 saturated heterocycles. The third kappa shape index (κ3) is 3.27. The number of carbonyl (C=O) groups excluding carboxylic acids is 1. The molecule has 5 nitrogen and oxygen atoms in total. The molecule has 1 N–H and O–H groups in total. The molecule has 2 aromatic carbocycles. The van der Waals surface area contributed by atoms with Gasteiger partial charge >= 0.3 is 0 Å². The van der Waals surface area contributed by atoms with Crippen molar-refractivity contribution in [1.29, 1.82) is 0 Å². The molecule has 0 fully saturated rings. The molecule has 2 aromatic heterocycles. The van der Waals surface area contributed by atoms with Crippen molar-refractivity contribution in [2.45, 2.75) is 6.42 Å². The number of hydrogen-bond acceptors (Lipinski definition) is 5. The first-order chi connectivity index (χ1) is 12.2. The Labute approximate surface area is 146 Å². The van der Waals surface area contributed by atoms with Gasteiger partial charge in [-0.1, -0.05) is 17.3 Å². The monoisotopic (exact) mass is 353 g/mol. The van der Waals surface area contributed by atoms with Gasteiger partial charge in [0.1, 0.15) is 11.5 Å². The minimum absolute atomic E-state index is 0.0997. The van der Waals surface area contributed by atoms with Gasteiger partial charge in [0.25, 0.3) is 0 Å². The van der Waals surface area contributed by atoms with E-state index < -0.39 is 0 Å². The summed E-state index contributed by atoms with van der Waals surface area (Å²) in [6.45, 7) is 0. The van der Waals surface area contributed by atoms with Crippen LogP contribution in [0.15, 0.2) is 58.4 Å². The third-order valence-corrected chi connectivity index (χ3v) is 4.43. The van der Waals surface area contributed by atoms with Crippen LogP contribution in [0.2, 0.25) is 0 Å². The highest BCUT2D eigenvalue weighted by Crippen LogP contribution is 2.25. The molecule has 0 aliphatic heterocycles. The lowest BCUT2D eigenvalue weighted by Gasteiger charge is -1.99. The molecular formula is C18H12FN3O2S. The average Bonchev–Trinajstić information content (AvgIpc) is 3.23. The Morgan fingerprint density at radius 1 is 1.16 bits per heavy atom. The maximum Gasteiger partial charge on any atom is 0.232 e. The van der Waals surface area contributed by atoms with E-state index >= 15 is 0 Å². The van der Waals surface area contributed by atoms with Crippen LogP contribution in [0.25, 0.3) is 22.2 Å². The highest BCUT2D eigenvalue weighted by molar-refractivity contribution is 7.14. The fourth-order valence-electron chi connectivity index (χ4n) is 2.47. The number of nitrogens with zero attached hydrogens (tertiary/aromatic N) is 2. The van der Waals surface area contributed by atoms with Crippen molar-refractivity contribution in [3.05, 3.63) is 65.4 Å². The van der Waals surface area contributed by atoms with Crippen LogP contribution in [0.5, 0.6) is 0 Å². The Kier molecular flexibility index (Phi) is 3.99. The molecule has 0 aliphatic carbocycles. The number of nitrogens with one attached hydrogen (secondary N) is 1. The fourth-order valence-corrected chi connectivity index (χ4v) is 3.20. The number of halogens is 1. The number of para-hydroxylation sites is 1. The number of anilines is 1. The van der Waals surface area contributed by atoms with Crippen LogP contribution >= 0.6 is 11.3 Å². The maximum atomic E-state index is 13.0. The minimum atomic E-state index is -0.299. The second kappa shape index (κ2) is 6.45. The summed E-state index contributed by atoms with van der Waals surface area (Å²) in [5, 5.41) is 9.83. The first-order valence-corrected chi connectivity index (χ1v) is 8.41. The lowest BCUT2D eigenvalue weighted by Crippen LogP contribution is -2.14. The molecule has 0 unspecified atom stereocenters. The molecule has 2 heterocycles. The fraction of sp³-hybridized carbons (Fsp3) is 0.0556. The number of fused-ring (bicyclic) bond motifs is 1. The molecule has 7 heteroatoms. The Balaban J connectivity index is 1.47. The predicted molar refractivity (Wildman–Crippen MR) is 93.9 cm³/mol. The van der Waals surface area contributed by atoms with Crippen molar-refractivity contribution in [2.75, 3.05) is 5.32 Å².